The highest BCUT2D eigenvalue weighted by Crippen LogP contribution is 2.30. The van der Waals surface area contributed by atoms with Crippen LogP contribution in [0.2, 0.25) is 0 Å². The summed E-state index contributed by atoms with van der Waals surface area (Å²) in [5.41, 5.74) is 1.16. The quantitative estimate of drug-likeness (QED) is 0.509. The number of thiazole rings is 1. The van der Waals surface area contributed by atoms with Gasteiger partial charge in [0.05, 0.1) is 24.3 Å². The SMILES string of the molecule is CCNC(=NCc1cnc(CC(C)C)s1)NC1CCN(c2ccccc2OC)C1. The number of rotatable bonds is 8. The molecule has 0 radical (unpaired) electrons. The Morgan fingerprint density at radius 3 is 2.97 bits per heavy atom. The molecule has 29 heavy (non-hydrogen) atoms. The lowest BCUT2D eigenvalue weighted by Crippen LogP contribution is -2.44. The molecule has 1 saturated heterocycles. The van der Waals surface area contributed by atoms with Crippen LogP contribution in [0.4, 0.5) is 5.69 Å². The van der Waals surface area contributed by atoms with Crippen molar-refractivity contribution in [1.82, 2.24) is 15.6 Å². The van der Waals surface area contributed by atoms with Crippen LogP contribution in [0.1, 0.15) is 37.1 Å². The smallest absolute Gasteiger partial charge is 0.191 e. The first-order valence-corrected chi connectivity index (χ1v) is 11.3. The number of aromatic nitrogens is 1. The van der Waals surface area contributed by atoms with Gasteiger partial charge in [-0.1, -0.05) is 26.0 Å². The van der Waals surface area contributed by atoms with Crippen molar-refractivity contribution in [3.8, 4) is 5.75 Å². The van der Waals surface area contributed by atoms with Crippen molar-refractivity contribution < 1.29 is 4.74 Å². The lowest BCUT2D eigenvalue weighted by molar-refractivity contribution is 0.415. The second-order valence-corrected chi connectivity index (χ2v) is 8.96. The van der Waals surface area contributed by atoms with Crippen molar-refractivity contribution in [2.75, 3.05) is 31.6 Å². The molecule has 1 aromatic carbocycles. The van der Waals surface area contributed by atoms with Gasteiger partial charge in [-0.15, -0.1) is 11.3 Å². The Hall–Kier alpha value is -2.28. The third-order valence-corrected chi connectivity index (χ3v) is 5.88. The first-order chi connectivity index (χ1) is 14.1. The van der Waals surface area contributed by atoms with Gasteiger partial charge in [-0.2, -0.15) is 0 Å². The van der Waals surface area contributed by atoms with Crippen LogP contribution in [0.3, 0.4) is 0 Å². The molecule has 1 fully saturated rings. The summed E-state index contributed by atoms with van der Waals surface area (Å²) >= 11 is 1.77. The van der Waals surface area contributed by atoms with Crippen LogP contribution in [0, 0.1) is 5.92 Å². The van der Waals surface area contributed by atoms with Gasteiger partial charge in [0.15, 0.2) is 5.96 Å². The molecule has 2 heterocycles. The van der Waals surface area contributed by atoms with Crippen LogP contribution >= 0.6 is 11.3 Å². The van der Waals surface area contributed by atoms with Gasteiger partial charge < -0.3 is 20.3 Å². The molecule has 0 amide bonds. The lowest BCUT2D eigenvalue weighted by Gasteiger charge is -2.22. The van der Waals surface area contributed by atoms with E-state index in [2.05, 4.69) is 53.4 Å². The summed E-state index contributed by atoms with van der Waals surface area (Å²) in [6.45, 7) is 9.99. The lowest BCUT2D eigenvalue weighted by atomic mass is 10.1. The van der Waals surface area contributed by atoms with Crippen LogP contribution < -0.4 is 20.3 Å². The summed E-state index contributed by atoms with van der Waals surface area (Å²) in [4.78, 5) is 12.9. The molecule has 3 rings (SSSR count). The van der Waals surface area contributed by atoms with Crippen molar-refractivity contribution >= 4 is 23.0 Å². The average molecular weight is 416 g/mol. The first kappa shape index (κ1) is 21.4. The highest BCUT2D eigenvalue weighted by Gasteiger charge is 2.25. The minimum atomic E-state index is 0.357. The minimum Gasteiger partial charge on any atom is -0.495 e. The van der Waals surface area contributed by atoms with E-state index in [-0.39, 0.29) is 0 Å². The molecule has 0 saturated carbocycles. The van der Waals surface area contributed by atoms with Crippen molar-refractivity contribution in [1.29, 1.82) is 0 Å². The number of nitrogens with one attached hydrogen (secondary N) is 2. The van der Waals surface area contributed by atoms with Crippen LogP contribution in [0.15, 0.2) is 35.5 Å². The van der Waals surface area contributed by atoms with Crippen molar-refractivity contribution in [3.05, 3.63) is 40.3 Å². The topological polar surface area (TPSA) is 61.8 Å². The minimum absolute atomic E-state index is 0.357. The number of ether oxygens (including phenoxy) is 1. The van der Waals surface area contributed by atoms with Crippen molar-refractivity contribution in [3.63, 3.8) is 0 Å². The summed E-state index contributed by atoms with van der Waals surface area (Å²) in [5.74, 6) is 2.43. The Kier molecular flexibility index (Phi) is 7.75. The summed E-state index contributed by atoms with van der Waals surface area (Å²) in [5, 5.41) is 8.18. The van der Waals surface area contributed by atoms with Crippen molar-refractivity contribution in [2.45, 2.75) is 46.2 Å². The number of guanidine groups is 1. The number of hydrogen-bond donors (Lipinski definition) is 2. The van der Waals surface area contributed by atoms with Gasteiger partial charge >= 0.3 is 0 Å². The molecule has 1 atom stereocenters. The number of aliphatic imine (C=N–C) groups is 1. The molecule has 2 aromatic rings. The first-order valence-electron chi connectivity index (χ1n) is 10.5. The van der Waals surface area contributed by atoms with Gasteiger partial charge in [0.25, 0.3) is 0 Å². The molecule has 2 N–H and O–H groups in total. The van der Waals surface area contributed by atoms with E-state index in [1.54, 1.807) is 18.4 Å². The summed E-state index contributed by atoms with van der Waals surface area (Å²) in [7, 11) is 1.73. The molecular weight excluding hydrogens is 382 g/mol. The zero-order valence-electron chi connectivity index (χ0n) is 17.9. The molecule has 0 aliphatic carbocycles. The number of benzene rings is 1. The van der Waals surface area contributed by atoms with Gasteiger partial charge in [-0.05, 0) is 31.4 Å². The van der Waals surface area contributed by atoms with Gasteiger partial charge in [0.2, 0.25) is 0 Å². The third-order valence-electron chi connectivity index (χ3n) is 4.88. The van der Waals surface area contributed by atoms with Crippen LogP contribution in [-0.4, -0.2) is 43.7 Å². The Morgan fingerprint density at radius 1 is 1.38 bits per heavy atom. The van der Waals surface area contributed by atoms with Gasteiger partial charge in [-0.25, -0.2) is 9.98 Å². The van der Waals surface area contributed by atoms with Gasteiger partial charge in [-0.3, -0.25) is 0 Å². The summed E-state index contributed by atoms with van der Waals surface area (Å²) in [6, 6.07) is 8.57. The van der Waals surface area contributed by atoms with E-state index < -0.39 is 0 Å². The standard InChI is InChI=1S/C22H33N5OS/c1-5-23-22(25-14-18-13-24-21(29-18)12-16(2)3)26-17-10-11-27(15-17)19-8-6-7-9-20(19)28-4/h6-9,13,16-17H,5,10-12,14-15H2,1-4H3,(H2,23,25,26). The molecule has 158 valence electrons. The fourth-order valence-electron chi connectivity index (χ4n) is 3.52. The number of hydrogen-bond acceptors (Lipinski definition) is 5. The second-order valence-electron chi connectivity index (χ2n) is 7.76. The zero-order chi connectivity index (χ0) is 20.6. The van der Waals surface area contributed by atoms with Gasteiger partial charge in [0, 0.05) is 43.2 Å². The van der Waals surface area contributed by atoms with E-state index >= 15 is 0 Å². The largest absolute Gasteiger partial charge is 0.495 e. The predicted octanol–water partition coefficient (Wildman–Crippen LogP) is 3.68. The highest BCUT2D eigenvalue weighted by molar-refractivity contribution is 7.11. The molecular formula is C22H33N5OS. The number of methoxy groups -OCH3 is 1. The summed E-state index contributed by atoms with van der Waals surface area (Å²) < 4.78 is 5.52. The maximum atomic E-state index is 5.52. The Morgan fingerprint density at radius 2 is 2.21 bits per heavy atom. The number of nitrogens with zero attached hydrogens (tertiary/aromatic N) is 3. The van der Waals surface area contributed by atoms with Crippen molar-refractivity contribution in [2.24, 2.45) is 10.9 Å². The highest BCUT2D eigenvalue weighted by atomic mass is 32.1. The Labute approximate surface area is 178 Å². The summed E-state index contributed by atoms with van der Waals surface area (Å²) in [6.07, 6.45) is 4.07. The third kappa shape index (κ3) is 6.10. The number of anilines is 1. The Bertz CT molecular complexity index is 804. The maximum Gasteiger partial charge on any atom is 0.191 e. The van der Waals surface area contributed by atoms with E-state index in [1.807, 2.05) is 18.3 Å². The molecule has 7 heteroatoms. The van der Waals surface area contributed by atoms with Crippen LogP contribution in [0.5, 0.6) is 5.75 Å². The van der Waals surface area contributed by atoms with Crippen LogP contribution in [-0.2, 0) is 13.0 Å². The molecule has 0 spiro atoms. The van der Waals surface area contributed by atoms with E-state index in [0.717, 1.165) is 49.9 Å². The Balaban J connectivity index is 1.59. The molecule has 1 aromatic heterocycles. The molecule has 6 nitrogen and oxygen atoms in total. The fraction of sp³-hybridized carbons (Fsp3) is 0.545. The maximum absolute atomic E-state index is 5.52. The van der Waals surface area contributed by atoms with Crippen LogP contribution in [0.25, 0.3) is 0 Å². The average Bonchev–Trinajstić information content (AvgIpc) is 3.35. The molecule has 1 aliphatic rings. The number of para-hydroxylation sites is 2. The molecule has 1 aliphatic heterocycles. The zero-order valence-corrected chi connectivity index (χ0v) is 18.8. The molecule has 0 bridgehead atoms. The fourth-order valence-corrected chi connectivity index (χ4v) is 4.58. The van der Waals surface area contributed by atoms with E-state index in [9.17, 15) is 0 Å². The van der Waals surface area contributed by atoms with E-state index in [0.29, 0.717) is 18.5 Å². The van der Waals surface area contributed by atoms with E-state index in [1.165, 1.54) is 9.88 Å². The normalized spacial score (nSPS) is 17.1. The predicted molar refractivity (Wildman–Crippen MR) is 122 cm³/mol. The molecule has 1 unspecified atom stereocenters. The second kappa shape index (κ2) is 10.5. The van der Waals surface area contributed by atoms with E-state index in [4.69, 9.17) is 9.73 Å². The monoisotopic (exact) mass is 415 g/mol. The van der Waals surface area contributed by atoms with Gasteiger partial charge in [0.1, 0.15) is 5.75 Å².